The lowest BCUT2D eigenvalue weighted by atomic mass is 10.2. The van der Waals surface area contributed by atoms with Crippen molar-refractivity contribution < 1.29 is 23.0 Å². The molecular formula is C12H16F2O3. The number of ether oxygens (including phenoxy) is 3. The van der Waals surface area contributed by atoms with Crippen molar-refractivity contribution in [3.8, 4) is 0 Å². The molecule has 0 aromatic heterocycles. The fraction of sp³-hybridized carbons (Fsp3) is 0.500. The third-order valence-corrected chi connectivity index (χ3v) is 2.08. The highest BCUT2D eigenvalue weighted by atomic mass is 19.1. The second-order valence-corrected chi connectivity index (χ2v) is 3.39. The normalized spacial score (nSPS) is 10.8. The molecule has 0 aliphatic carbocycles. The van der Waals surface area contributed by atoms with Gasteiger partial charge >= 0.3 is 0 Å². The van der Waals surface area contributed by atoms with Crippen molar-refractivity contribution in [2.24, 2.45) is 0 Å². The first-order chi connectivity index (χ1) is 8.24. The Morgan fingerprint density at radius 2 is 1.71 bits per heavy atom. The van der Waals surface area contributed by atoms with Gasteiger partial charge in [0.25, 0.3) is 0 Å². The zero-order valence-electron chi connectivity index (χ0n) is 9.75. The van der Waals surface area contributed by atoms with Crippen molar-refractivity contribution >= 4 is 0 Å². The molecule has 0 N–H and O–H groups in total. The molecule has 0 fully saturated rings. The molecule has 0 unspecified atom stereocenters. The molecule has 0 spiro atoms. The Labute approximate surface area is 99.3 Å². The fourth-order valence-corrected chi connectivity index (χ4v) is 1.18. The second kappa shape index (κ2) is 8.11. The Hall–Kier alpha value is -1.04. The van der Waals surface area contributed by atoms with Crippen LogP contribution in [0, 0.1) is 11.6 Å². The highest BCUT2D eigenvalue weighted by molar-refractivity contribution is 5.17. The van der Waals surface area contributed by atoms with Gasteiger partial charge in [0.2, 0.25) is 0 Å². The summed E-state index contributed by atoms with van der Waals surface area (Å²) in [6, 6.07) is 3.42. The largest absolute Gasteiger partial charge is 0.382 e. The number of rotatable bonds is 8. The summed E-state index contributed by atoms with van der Waals surface area (Å²) in [5, 5.41) is 0. The maximum atomic E-state index is 13.2. The topological polar surface area (TPSA) is 27.7 Å². The monoisotopic (exact) mass is 246 g/mol. The quantitative estimate of drug-likeness (QED) is 0.658. The molecule has 1 aromatic carbocycles. The third-order valence-electron chi connectivity index (χ3n) is 2.08. The van der Waals surface area contributed by atoms with Gasteiger partial charge in [0.1, 0.15) is 11.6 Å². The molecule has 3 nitrogen and oxygen atoms in total. The van der Waals surface area contributed by atoms with Crippen molar-refractivity contribution in [2.75, 3.05) is 33.5 Å². The molecule has 0 aliphatic rings. The van der Waals surface area contributed by atoms with Gasteiger partial charge in [0.05, 0.1) is 33.0 Å². The van der Waals surface area contributed by atoms with Crippen LogP contribution in [0.5, 0.6) is 0 Å². The predicted octanol–water partition coefficient (Wildman–Crippen LogP) is 2.14. The van der Waals surface area contributed by atoms with E-state index in [1.165, 1.54) is 12.1 Å². The van der Waals surface area contributed by atoms with Gasteiger partial charge < -0.3 is 14.2 Å². The summed E-state index contributed by atoms with van der Waals surface area (Å²) >= 11 is 0. The highest BCUT2D eigenvalue weighted by Gasteiger charge is 2.03. The summed E-state index contributed by atoms with van der Waals surface area (Å²) in [5.41, 5.74) is 0.336. The van der Waals surface area contributed by atoms with E-state index in [9.17, 15) is 8.78 Å². The first kappa shape index (κ1) is 14.0. The van der Waals surface area contributed by atoms with Crippen LogP contribution in [-0.2, 0) is 20.8 Å². The Morgan fingerprint density at radius 1 is 1.00 bits per heavy atom. The van der Waals surface area contributed by atoms with Gasteiger partial charge in [0, 0.05) is 18.7 Å². The molecule has 96 valence electrons. The molecule has 5 heteroatoms. The van der Waals surface area contributed by atoms with Crippen molar-refractivity contribution in [3.05, 3.63) is 35.4 Å². The van der Waals surface area contributed by atoms with Crippen LogP contribution >= 0.6 is 0 Å². The predicted molar refractivity (Wildman–Crippen MR) is 58.7 cm³/mol. The van der Waals surface area contributed by atoms with E-state index in [1.807, 2.05) is 0 Å². The Kier molecular flexibility index (Phi) is 6.69. The first-order valence-electron chi connectivity index (χ1n) is 5.32. The number of halogens is 2. The van der Waals surface area contributed by atoms with Gasteiger partial charge in [-0.1, -0.05) is 6.07 Å². The molecule has 0 heterocycles. The third kappa shape index (κ3) is 5.72. The maximum Gasteiger partial charge on any atom is 0.131 e. The van der Waals surface area contributed by atoms with Crippen molar-refractivity contribution in [1.82, 2.24) is 0 Å². The number of methoxy groups -OCH3 is 1. The molecule has 1 aromatic rings. The summed E-state index contributed by atoms with van der Waals surface area (Å²) in [5.74, 6) is -1.18. The summed E-state index contributed by atoms with van der Waals surface area (Å²) in [6.45, 7) is 1.93. The van der Waals surface area contributed by atoms with E-state index in [1.54, 1.807) is 7.11 Å². The van der Waals surface area contributed by atoms with Gasteiger partial charge in [-0.25, -0.2) is 8.78 Å². The van der Waals surface area contributed by atoms with Crippen LogP contribution < -0.4 is 0 Å². The summed E-state index contributed by atoms with van der Waals surface area (Å²) in [6.07, 6.45) is 0. The SMILES string of the molecule is COCCOCCOCc1ccc(F)cc1F. The van der Waals surface area contributed by atoms with Crippen molar-refractivity contribution in [1.29, 1.82) is 0 Å². The molecule has 1 rings (SSSR count). The van der Waals surface area contributed by atoms with E-state index < -0.39 is 11.6 Å². The van der Waals surface area contributed by atoms with Gasteiger partial charge in [-0.2, -0.15) is 0 Å². The smallest absolute Gasteiger partial charge is 0.131 e. The number of hydrogen-bond donors (Lipinski definition) is 0. The van der Waals surface area contributed by atoms with Gasteiger partial charge in [0.15, 0.2) is 0 Å². The molecule has 0 atom stereocenters. The van der Waals surface area contributed by atoms with Gasteiger partial charge in [-0.3, -0.25) is 0 Å². The average molecular weight is 246 g/mol. The summed E-state index contributed by atoms with van der Waals surface area (Å²) in [4.78, 5) is 0. The second-order valence-electron chi connectivity index (χ2n) is 3.39. The fourth-order valence-electron chi connectivity index (χ4n) is 1.18. The molecule has 17 heavy (non-hydrogen) atoms. The molecule has 0 saturated heterocycles. The molecular weight excluding hydrogens is 230 g/mol. The molecule has 0 bridgehead atoms. The van der Waals surface area contributed by atoms with Crippen LogP contribution in [0.4, 0.5) is 8.78 Å². The van der Waals surface area contributed by atoms with Crippen LogP contribution in [0.25, 0.3) is 0 Å². The molecule has 0 radical (unpaired) electrons. The number of hydrogen-bond acceptors (Lipinski definition) is 3. The minimum atomic E-state index is -0.592. The van der Waals surface area contributed by atoms with Crippen LogP contribution in [0.1, 0.15) is 5.56 Å². The minimum Gasteiger partial charge on any atom is -0.382 e. The molecule has 0 amide bonds. The Bertz CT molecular complexity index is 332. The van der Waals surface area contributed by atoms with E-state index >= 15 is 0 Å². The highest BCUT2D eigenvalue weighted by Crippen LogP contribution is 2.10. The summed E-state index contributed by atoms with van der Waals surface area (Å²) < 4.78 is 40.9. The standard InChI is InChI=1S/C12H16F2O3/c1-15-4-5-16-6-7-17-9-10-2-3-11(13)8-12(10)14/h2-3,8H,4-7,9H2,1H3. The van der Waals surface area contributed by atoms with E-state index in [0.717, 1.165) is 6.07 Å². The van der Waals surface area contributed by atoms with Crippen LogP contribution in [0.15, 0.2) is 18.2 Å². The van der Waals surface area contributed by atoms with Crippen LogP contribution in [-0.4, -0.2) is 33.5 Å². The average Bonchev–Trinajstić information content (AvgIpc) is 2.30. The first-order valence-corrected chi connectivity index (χ1v) is 5.32. The van der Waals surface area contributed by atoms with Crippen molar-refractivity contribution in [3.63, 3.8) is 0 Å². The van der Waals surface area contributed by atoms with E-state index in [4.69, 9.17) is 14.2 Å². The van der Waals surface area contributed by atoms with E-state index in [-0.39, 0.29) is 6.61 Å². The van der Waals surface area contributed by atoms with E-state index in [2.05, 4.69) is 0 Å². The zero-order chi connectivity index (χ0) is 12.5. The lowest BCUT2D eigenvalue weighted by molar-refractivity contribution is 0.0193. The number of benzene rings is 1. The lowest BCUT2D eigenvalue weighted by Gasteiger charge is -2.06. The van der Waals surface area contributed by atoms with Crippen molar-refractivity contribution in [2.45, 2.75) is 6.61 Å². The van der Waals surface area contributed by atoms with Gasteiger partial charge in [-0.05, 0) is 6.07 Å². The lowest BCUT2D eigenvalue weighted by Crippen LogP contribution is -2.08. The Morgan fingerprint density at radius 3 is 2.41 bits per heavy atom. The molecule has 0 aliphatic heterocycles. The van der Waals surface area contributed by atoms with Crippen LogP contribution in [0.2, 0.25) is 0 Å². The zero-order valence-corrected chi connectivity index (χ0v) is 9.75. The Balaban J connectivity index is 2.14. The van der Waals surface area contributed by atoms with E-state index in [0.29, 0.717) is 32.0 Å². The minimum absolute atomic E-state index is 0.111. The summed E-state index contributed by atoms with van der Waals surface area (Å²) in [7, 11) is 1.59. The van der Waals surface area contributed by atoms with Crippen LogP contribution in [0.3, 0.4) is 0 Å². The van der Waals surface area contributed by atoms with Gasteiger partial charge in [-0.15, -0.1) is 0 Å². The molecule has 0 saturated carbocycles. The maximum absolute atomic E-state index is 13.2.